The highest BCUT2D eigenvalue weighted by Crippen LogP contribution is 2.29. The van der Waals surface area contributed by atoms with E-state index in [9.17, 15) is 4.79 Å². The van der Waals surface area contributed by atoms with Crippen LogP contribution in [0.5, 0.6) is 0 Å². The number of aromatic nitrogens is 2. The molecule has 1 fully saturated rings. The molecule has 0 radical (unpaired) electrons. The Balaban J connectivity index is 1.23. The molecule has 0 saturated carbocycles. The number of benzene rings is 3. The van der Waals surface area contributed by atoms with Crippen LogP contribution in [0.15, 0.2) is 84.9 Å². The molecular formula is C28H30N4O. The predicted octanol–water partition coefficient (Wildman–Crippen LogP) is 4.44. The molecule has 1 aliphatic heterocycles. The summed E-state index contributed by atoms with van der Waals surface area (Å²) in [5, 5.41) is 0. The molecule has 3 aromatic carbocycles. The van der Waals surface area contributed by atoms with Gasteiger partial charge in [0, 0.05) is 45.6 Å². The van der Waals surface area contributed by atoms with Crippen molar-refractivity contribution in [1.82, 2.24) is 19.4 Å². The number of rotatable bonds is 6. The Hall–Kier alpha value is -3.44. The molecule has 0 bridgehead atoms. The molecule has 2 heterocycles. The Labute approximate surface area is 195 Å². The van der Waals surface area contributed by atoms with Crippen LogP contribution >= 0.6 is 0 Å². The van der Waals surface area contributed by atoms with Gasteiger partial charge >= 0.3 is 0 Å². The van der Waals surface area contributed by atoms with Gasteiger partial charge in [0.05, 0.1) is 17.6 Å². The fourth-order valence-electron chi connectivity index (χ4n) is 4.79. The van der Waals surface area contributed by atoms with Gasteiger partial charge in [-0.15, -0.1) is 0 Å². The van der Waals surface area contributed by atoms with Gasteiger partial charge in [-0.05, 0) is 23.3 Å². The van der Waals surface area contributed by atoms with E-state index in [2.05, 4.69) is 83.2 Å². The minimum atomic E-state index is 0.0814. The number of hydrogen-bond donors (Lipinski definition) is 0. The molecule has 4 aromatic rings. The first-order chi connectivity index (χ1) is 16.2. The minimum Gasteiger partial charge on any atom is -0.340 e. The van der Waals surface area contributed by atoms with Gasteiger partial charge < -0.3 is 9.47 Å². The number of nitrogens with zero attached hydrogens (tertiary/aromatic N) is 4. The predicted molar refractivity (Wildman–Crippen MR) is 132 cm³/mol. The lowest BCUT2D eigenvalue weighted by Crippen LogP contribution is -2.48. The summed E-state index contributed by atoms with van der Waals surface area (Å²) in [5.74, 6) is 1.39. The largest absolute Gasteiger partial charge is 0.340 e. The van der Waals surface area contributed by atoms with Crippen LogP contribution in [0, 0.1) is 0 Å². The second-order valence-corrected chi connectivity index (χ2v) is 8.81. The molecule has 0 unspecified atom stereocenters. The van der Waals surface area contributed by atoms with Gasteiger partial charge in [0.15, 0.2) is 0 Å². The van der Waals surface area contributed by atoms with Crippen LogP contribution in [0.25, 0.3) is 11.0 Å². The van der Waals surface area contributed by atoms with Gasteiger partial charge in [-0.3, -0.25) is 9.69 Å². The maximum atomic E-state index is 13.3. The average molecular weight is 439 g/mol. The van der Waals surface area contributed by atoms with Crippen molar-refractivity contribution in [2.45, 2.75) is 18.9 Å². The quantitative estimate of drug-likeness (QED) is 0.447. The standard InChI is InChI=1S/C28H30N4O/c1-30-26-15-9-8-14-25(26)29-27(30)21-31-16-18-32(19-17-31)28(33)20-24(22-10-4-2-5-11-22)23-12-6-3-7-13-23/h2-15,24H,16-21H2,1H3. The third-order valence-corrected chi connectivity index (χ3v) is 6.75. The lowest BCUT2D eigenvalue weighted by molar-refractivity contribution is -0.133. The summed E-state index contributed by atoms with van der Waals surface area (Å²) in [7, 11) is 2.08. The van der Waals surface area contributed by atoms with Gasteiger partial charge in [-0.1, -0.05) is 72.8 Å². The van der Waals surface area contributed by atoms with Crippen LogP contribution < -0.4 is 0 Å². The molecular weight excluding hydrogens is 408 g/mol. The van der Waals surface area contributed by atoms with Crippen molar-refractivity contribution in [1.29, 1.82) is 0 Å². The maximum absolute atomic E-state index is 13.3. The molecule has 5 heteroatoms. The van der Waals surface area contributed by atoms with E-state index in [1.165, 1.54) is 11.1 Å². The lowest BCUT2D eigenvalue weighted by Gasteiger charge is -2.35. The maximum Gasteiger partial charge on any atom is 0.223 e. The minimum absolute atomic E-state index is 0.0814. The molecule has 0 atom stereocenters. The molecule has 0 N–H and O–H groups in total. The fourth-order valence-corrected chi connectivity index (χ4v) is 4.79. The van der Waals surface area contributed by atoms with Gasteiger partial charge in [0.25, 0.3) is 0 Å². The molecule has 0 aliphatic carbocycles. The number of fused-ring (bicyclic) bond motifs is 1. The molecule has 1 saturated heterocycles. The molecule has 5 nitrogen and oxygen atoms in total. The van der Waals surface area contributed by atoms with E-state index in [0.29, 0.717) is 6.42 Å². The Kier molecular flexibility index (Phi) is 6.22. The lowest BCUT2D eigenvalue weighted by atomic mass is 9.88. The van der Waals surface area contributed by atoms with Crippen LogP contribution in [0.1, 0.15) is 29.3 Å². The fraction of sp³-hybridized carbons (Fsp3) is 0.286. The summed E-state index contributed by atoms with van der Waals surface area (Å²) in [6.07, 6.45) is 0.499. The zero-order valence-electron chi connectivity index (χ0n) is 19.1. The van der Waals surface area contributed by atoms with Crippen molar-refractivity contribution in [3.05, 3.63) is 102 Å². The van der Waals surface area contributed by atoms with E-state index in [4.69, 9.17) is 4.98 Å². The molecule has 33 heavy (non-hydrogen) atoms. The summed E-state index contributed by atoms with van der Waals surface area (Å²) in [6.45, 7) is 4.08. The van der Waals surface area contributed by atoms with Crippen LogP contribution in [-0.2, 0) is 18.4 Å². The highest BCUT2D eigenvalue weighted by molar-refractivity contribution is 5.78. The third kappa shape index (κ3) is 4.69. The second-order valence-electron chi connectivity index (χ2n) is 8.81. The van der Waals surface area contributed by atoms with Crippen molar-refractivity contribution < 1.29 is 4.79 Å². The topological polar surface area (TPSA) is 41.4 Å². The third-order valence-electron chi connectivity index (χ3n) is 6.75. The number of aryl methyl sites for hydroxylation is 1. The van der Waals surface area contributed by atoms with E-state index in [0.717, 1.165) is 49.6 Å². The molecule has 5 rings (SSSR count). The average Bonchev–Trinajstić information content (AvgIpc) is 3.19. The summed E-state index contributed by atoms with van der Waals surface area (Å²) < 4.78 is 2.18. The number of carbonyl (C=O) groups excluding carboxylic acids is 1. The van der Waals surface area contributed by atoms with E-state index < -0.39 is 0 Å². The Morgan fingerprint density at radius 3 is 2.00 bits per heavy atom. The van der Waals surface area contributed by atoms with Crippen LogP contribution in [-0.4, -0.2) is 51.4 Å². The van der Waals surface area contributed by atoms with Crippen LogP contribution in [0.2, 0.25) is 0 Å². The highest BCUT2D eigenvalue weighted by Gasteiger charge is 2.26. The summed E-state index contributed by atoms with van der Waals surface area (Å²) in [5.41, 5.74) is 4.58. The van der Waals surface area contributed by atoms with Gasteiger partial charge in [0.2, 0.25) is 5.91 Å². The Morgan fingerprint density at radius 2 is 1.39 bits per heavy atom. The first-order valence-electron chi connectivity index (χ1n) is 11.7. The monoisotopic (exact) mass is 438 g/mol. The van der Waals surface area contributed by atoms with Gasteiger partial charge in [-0.2, -0.15) is 0 Å². The zero-order valence-corrected chi connectivity index (χ0v) is 19.1. The van der Waals surface area contributed by atoms with E-state index >= 15 is 0 Å². The Morgan fingerprint density at radius 1 is 0.818 bits per heavy atom. The number of hydrogen-bond acceptors (Lipinski definition) is 3. The van der Waals surface area contributed by atoms with Crippen molar-refractivity contribution in [2.75, 3.05) is 26.2 Å². The Bertz CT molecular complexity index is 1170. The van der Waals surface area contributed by atoms with E-state index in [-0.39, 0.29) is 11.8 Å². The number of amides is 1. The summed E-state index contributed by atoms with van der Waals surface area (Å²) >= 11 is 0. The number of para-hydroxylation sites is 2. The van der Waals surface area contributed by atoms with Crippen LogP contribution in [0.3, 0.4) is 0 Å². The highest BCUT2D eigenvalue weighted by atomic mass is 16.2. The van der Waals surface area contributed by atoms with Crippen molar-refractivity contribution >= 4 is 16.9 Å². The summed E-state index contributed by atoms with van der Waals surface area (Å²) in [4.78, 5) is 22.5. The second kappa shape index (κ2) is 9.59. The summed E-state index contributed by atoms with van der Waals surface area (Å²) in [6, 6.07) is 29.0. The first kappa shape index (κ1) is 21.4. The van der Waals surface area contributed by atoms with Gasteiger partial charge in [0.1, 0.15) is 5.82 Å². The number of piperazine rings is 1. The van der Waals surface area contributed by atoms with Crippen molar-refractivity contribution in [3.8, 4) is 0 Å². The van der Waals surface area contributed by atoms with Crippen molar-refractivity contribution in [3.63, 3.8) is 0 Å². The number of carbonyl (C=O) groups is 1. The SMILES string of the molecule is Cn1c(CN2CCN(C(=O)CC(c3ccccc3)c3ccccc3)CC2)nc2ccccc21. The van der Waals surface area contributed by atoms with Crippen LogP contribution in [0.4, 0.5) is 0 Å². The smallest absolute Gasteiger partial charge is 0.223 e. The molecule has 1 amide bonds. The number of imidazole rings is 1. The molecule has 168 valence electrons. The van der Waals surface area contributed by atoms with E-state index in [1.807, 2.05) is 23.1 Å². The van der Waals surface area contributed by atoms with Crippen molar-refractivity contribution in [2.24, 2.45) is 7.05 Å². The molecule has 1 aromatic heterocycles. The van der Waals surface area contributed by atoms with Gasteiger partial charge in [-0.25, -0.2) is 4.98 Å². The normalized spacial score (nSPS) is 14.8. The van der Waals surface area contributed by atoms with E-state index in [1.54, 1.807) is 0 Å². The first-order valence-corrected chi connectivity index (χ1v) is 11.7. The molecule has 0 spiro atoms. The molecule has 1 aliphatic rings. The zero-order chi connectivity index (χ0) is 22.6.